The van der Waals surface area contributed by atoms with E-state index >= 15 is 0 Å². The normalized spacial score (nSPS) is 11.3. The van der Waals surface area contributed by atoms with Crippen molar-refractivity contribution < 1.29 is 13.5 Å². The number of aliphatic hydroxyl groups is 1. The summed E-state index contributed by atoms with van der Waals surface area (Å²) >= 11 is 0. The molecule has 0 spiro atoms. The maximum atomic E-state index is 11.3. The smallest absolute Gasteiger partial charge is 0.234 e. The van der Waals surface area contributed by atoms with E-state index in [2.05, 4.69) is 4.72 Å². The standard InChI is InChI=1S/C9H13NO3S/c1-8-4-2-3-5-9(8)10-14(12,13)7-6-11/h2-5,10-11H,6-7H2,1H3. The summed E-state index contributed by atoms with van der Waals surface area (Å²) in [5.74, 6) is -0.276. The summed E-state index contributed by atoms with van der Waals surface area (Å²) in [6.07, 6.45) is 0. The van der Waals surface area contributed by atoms with Crippen LogP contribution in [0.25, 0.3) is 0 Å². The number of aryl methyl sites for hydroxylation is 1. The molecule has 0 fully saturated rings. The molecule has 2 N–H and O–H groups in total. The van der Waals surface area contributed by atoms with Gasteiger partial charge in [0, 0.05) is 0 Å². The van der Waals surface area contributed by atoms with Crippen LogP contribution in [0.5, 0.6) is 0 Å². The van der Waals surface area contributed by atoms with Gasteiger partial charge in [-0.25, -0.2) is 8.42 Å². The molecular formula is C9H13NO3S. The second-order valence-corrected chi connectivity index (χ2v) is 4.80. The lowest BCUT2D eigenvalue weighted by Crippen LogP contribution is -2.19. The fraction of sp³-hybridized carbons (Fsp3) is 0.333. The molecule has 0 atom stereocenters. The maximum Gasteiger partial charge on any atom is 0.234 e. The molecule has 0 bridgehead atoms. The first-order chi connectivity index (χ1) is 6.55. The Morgan fingerprint density at radius 1 is 1.36 bits per heavy atom. The molecule has 0 heterocycles. The van der Waals surface area contributed by atoms with Crippen molar-refractivity contribution in [2.24, 2.45) is 0 Å². The zero-order valence-electron chi connectivity index (χ0n) is 7.90. The van der Waals surface area contributed by atoms with Gasteiger partial charge in [-0.15, -0.1) is 0 Å². The molecule has 0 saturated carbocycles. The SMILES string of the molecule is Cc1ccccc1NS(=O)(=O)CCO. The summed E-state index contributed by atoms with van der Waals surface area (Å²) in [5, 5.41) is 8.53. The predicted molar refractivity (Wildman–Crippen MR) is 55.7 cm³/mol. The molecule has 0 aliphatic heterocycles. The van der Waals surface area contributed by atoms with Crippen LogP contribution in [0.4, 0.5) is 5.69 Å². The summed E-state index contributed by atoms with van der Waals surface area (Å²) in [6, 6.07) is 7.09. The lowest BCUT2D eigenvalue weighted by molar-refractivity contribution is 0.320. The van der Waals surface area contributed by atoms with Crippen LogP contribution in [0.1, 0.15) is 5.56 Å². The summed E-state index contributed by atoms with van der Waals surface area (Å²) in [5.41, 5.74) is 1.41. The number of aliphatic hydroxyl groups excluding tert-OH is 1. The molecule has 0 amide bonds. The first-order valence-corrected chi connectivity index (χ1v) is 5.87. The van der Waals surface area contributed by atoms with E-state index in [1.165, 1.54) is 0 Å². The van der Waals surface area contributed by atoms with Gasteiger partial charge in [-0.2, -0.15) is 0 Å². The van der Waals surface area contributed by atoms with Gasteiger partial charge in [-0.3, -0.25) is 4.72 Å². The van der Waals surface area contributed by atoms with E-state index in [-0.39, 0.29) is 12.4 Å². The van der Waals surface area contributed by atoms with E-state index in [0.717, 1.165) is 5.56 Å². The molecule has 0 aliphatic carbocycles. The molecule has 0 aromatic heterocycles. The third kappa shape index (κ3) is 3.01. The molecule has 78 valence electrons. The number of para-hydroxylation sites is 1. The largest absolute Gasteiger partial charge is 0.395 e. The zero-order valence-corrected chi connectivity index (χ0v) is 8.71. The van der Waals surface area contributed by atoms with Crippen LogP contribution in [-0.4, -0.2) is 25.9 Å². The van der Waals surface area contributed by atoms with E-state index in [1.54, 1.807) is 12.1 Å². The van der Waals surface area contributed by atoms with Crippen molar-refractivity contribution in [2.75, 3.05) is 17.1 Å². The van der Waals surface area contributed by atoms with Crippen molar-refractivity contribution in [1.82, 2.24) is 0 Å². The molecule has 0 saturated heterocycles. The van der Waals surface area contributed by atoms with E-state index in [4.69, 9.17) is 5.11 Å². The first kappa shape index (κ1) is 11.0. The minimum atomic E-state index is -3.41. The van der Waals surface area contributed by atoms with E-state index in [9.17, 15) is 8.42 Å². The third-order valence-electron chi connectivity index (χ3n) is 1.77. The van der Waals surface area contributed by atoms with Crippen LogP contribution >= 0.6 is 0 Å². The number of benzene rings is 1. The fourth-order valence-corrected chi connectivity index (χ4v) is 1.93. The molecule has 0 aliphatic rings. The predicted octanol–water partition coefficient (Wildman–Crippen LogP) is 0.729. The Morgan fingerprint density at radius 3 is 2.57 bits per heavy atom. The molecule has 1 rings (SSSR count). The van der Waals surface area contributed by atoms with Crippen molar-refractivity contribution in [2.45, 2.75) is 6.92 Å². The summed E-state index contributed by atoms with van der Waals surface area (Å²) < 4.78 is 25.0. The van der Waals surface area contributed by atoms with Gasteiger partial charge < -0.3 is 5.11 Å². The molecular weight excluding hydrogens is 202 g/mol. The van der Waals surface area contributed by atoms with Gasteiger partial charge in [-0.05, 0) is 18.6 Å². The van der Waals surface area contributed by atoms with Gasteiger partial charge in [0.15, 0.2) is 0 Å². The van der Waals surface area contributed by atoms with Crippen molar-refractivity contribution in [1.29, 1.82) is 0 Å². The van der Waals surface area contributed by atoms with Crippen molar-refractivity contribution in [3.05, 3.63) is 29.8 Å². The summed E-state index contributed by atoms with van der Waals surface area (Å²) in [7, 11) is -3.41. The molecule has 14 heavy (non-hydrogen) atoms. The third-order valence-corrected chi connectivity index (χ3v) is 3.02. The average Bonchev–Trinajstić information content (AvgIpc) is 2.08. The second kappa shape index (κ2) is 4.43. The number of hydrogen-bond donors (Lipinski definition) is 2. The molecule has 5 heteroatoms. The Bertz CT molecular complexity index is 400. The number of anilines is 1. The molecule has 0 unspecified atom stereocenters. The van der Waals surface area contributed by atoms with Crippen LogP contribution in [-0.2, 0) is 10.0 Å². The quantitative estimate of drug-likeness (QED) is 0.778. The number of rotatable bonds is 4. The van der Waals surface area contributed by atoms with Gasteiger partial charge in [0.05, 0.1) is 18.0 Å². The molecule has 1 aromatic carbocycles. The fourth-order valence-electron chi connectivity index (χ4n) is 1.03. The maximum absolute atomic E-state index is 11.3. The zero-order chi connectivity index (χ0) is 10.6. The van der Waals surface area contributed by atoms with Crippen LogP contribution in [0, 0.1) is 6.92 Å². The monoisotopic (exact) mass is 215 g/mol. The highest BCUT2D eigenvalue weighted by atomic mass is 32.2. The molecule has 0 radical (unpaired) electrons. The average molecular weight is 215 g/mol. The summed E-state index contributed by atoms with van der Waals surface area (Å²) in [6.45, 7) is 1.44. The van der Waals surface area contributed by atoms with Crippen molar-refractivity contribution >= 4 is 15.7 Å². The Morgan fingerprint density at radius 2 is 2.00 bits per heavy atom. The van der Waals surface area contributed by atoms with Crippen molar-refractivity contribution in [3.63, 3.8) is 0 Å². The Kier molecular flexibility index (Phi) is 3.49. The topological polar surface area (TPSA) is 66.4 Å². The van der Waals surface area contributed by atoms with E-state index in [0.29, 0.717) is 5.69 Å². The summed E-state index contributed by atoms with van der Waals surface area (Å²) in [4.78, 5) is 0. The number of hydrogen-bond acceptors (Lipinski definition) is 3. The minimum Gasteiger partial charge on any atom is -0.395 e. The van der Waals surface area contributed by atoms with Crippen LogP contribution < -0.4 is 4.72 Å². The van der Waals surface area contributed by atoms with Crippen LogP contribution in [0.3, 0.4) is 0 Å². The van der Waals surface area contributed by atoms with Gasteiger partial charge in [-0.1, -0.05) is 18.2 Å². The number of sulfonamides is 1. The van der Waals surface area contributed by atoms with Gasteiger partial charge in [0.1, 0.15) is 0 Å². The lowest BCUT2D eigenvalue weighted by atomic mass is 10.2. The highest BCUT2D eigenvalue weighted by Gasteiger charge is 2.09. The Hall–Kier alpha value is -1.07. The van der Waals surface area contributed by atoms with Crippen molar-refractivity contribution in [3.8, 4) is 0 Å². The second-order valence-electron chi connectivity index (χ2n) is 2.96. The highest BCUT2D eigenvalue weighted by molar-refractivity contribution is 7.92. The van der Waals surface area contributed by atoms with Gasteiger partial charge >= 0.3 is 0 Å². The van der Waals surface area contributed by atoms with E-state index < -0.39 is 10.0 Å². The van der Waals surface area contributed by atoms with Crippen LogP contribution in [0.15, 0.2) is 24.3 Å². The van der Waals surface area contributed by atoms with Crippen LogP contribution in [0.2, 0.25) is 0 Å². The first-order valence-electron chi connectivity index (χ1n) is 4.22. The molecule has 4 nitrogen and oxygen atoms in total. The number of nitrogens with one attached hydrogen (secondary N) is 1. The Balaban J connectivity index is 2.84. The Labute approximate surface area is 83.6 Å². The van der Waals surface area contributed by atoms with E-state index in [1.807, 2.05) is 19.1 Å². The molecule has 1 aromatic rings. The minimum absolute atomic E-state index is 0.276. The van der Waals surface area contributed by atoms with Gasteiger partial charge in [0.2, 0.25) is 10.0 Å². The lowest BCUT2D eigenvalue weighted by Gasteiger charge is -2.08. The highest BCUT2D eigenvalue weighted by Crippen LogP contribution is 2.14. The van der Waals surface area contributed by atoms with Gasteiger partial charge in [0.25, 0.3) is 0 Å².